The summed E-state index contributed by atoms with van der Waals surface area (Å²) in [5, 5.41) is 3.96. The van der Waals surface area contributed by atoms with E-state index >= 15 is 0 Å². The highest BCUT2D eigenvalue weighted by atomic mass is 32.2. The van der Waals surface area contributed by atoms with Crippen LogP contribution < -0.4 is 0 Å². The van der Waals surface area contributed by atoms with Crippen LogP contribution in [0.2, 0.25) is 0 Å². The lowest BCUT2D eigenvalue weighted by Crippen LogP contribution is -2.24. The first-order chi connectivity index (χ1) is 9.26. The minimum atomic E-state index is -0.691. The molecule has 0 radical (unpaired) electrons. The molecule has 0 aromatic carbocycles. The zero-order chi connectivity index (χ0) is 13.3. The predicted molar refractivity (Wildman–Crippen MR) is 67.9 cm³/mol. The zero-order valence-corrected chi connectivity index (χ0v) is 11.6. The largest absolute Gasteiger partial charge is 0.465 e. The lowest BCUT2D eigenvalue weighted by Gasteiger charge is -2.18. The molecule has 1 aromatic rings. The van der Waals surface area contributed by atoms with E-state index in [9.17, 15) is 4.79 Å². The number of ether oxygens (including phenoxy) is 2. The molecule has 1 saturated carbocycles. The first-order valence-electron chi connectivity index (χ1n) is 6.47. The second kappa shape index (κ2) is 5.13. The van der Waals surface area contributed by atoms with Gasteiger partial charge in [0.2, 0.25) is 11.7 Å². The summed E-state index contributed by atoms with van der Waals surface area (Å²) in [6, 6.07) is 0. The number of hydrogen-bond acceptors (Lipinski definition) is 7. The summed E-state index contributed by atoms with van der Waals surface area (Å²) >= 11 is 1.81. The fraction of sp³-hybridized carbons (Fsp3) is 0.750. The Morgan fingerprint density at radius 2 is 2.42 bits per heavy atom. The summed E-state index contributed by atoms with van der Waals surface area (Å²) in [6.45, 7) is 2.85. The molecule has 7 heteroatoms. The number of nitrogens with zero attached hydrogens (tertiary/aromatic N) is 2. The van der Waals surface area contributed by atoms with Crippen molar-refractivity contribution >= 4 is 17.7 Å². The number of thioether (sulfide) groups is 1. The molecule has 1 aliphatic carbocycles. The third-order valence-electron chi connectivity index (χ3n) is 3.37. The normalized spacial score (nSPS) is 25.0. The predicted octanol–water partition coefficient (Wildman–Crippen LogP) is 1.47. The fourth-order valence-electron chi connectivity index (χ4n) is 2.10. The third kappa shape index (κ3) is 2.36. The molecule has 0 bridgehead atoms. The molecular formula is C12H16N2O4S. The Labute approximate surface area is 115 Å². The third-order valence-corrected chi connectivity index (χ3v) is 4.36. The van der Waals surface area contributed by atoms with Gasteiger partial charge in [0.05, 0.1) is 13.2 Å². The van der Waals surface area contributed by atoms with Gasteiger partial charge in [0.15, 0.2) is 0 Å². The molecule has 1 saturated heterocycles. The van der Waals surface area contributed by atoms with Crippen LogP contribution in [-0.4, -0.2) is 40.8 Å². The number of carbonyl (C=O) groups excluding carboxylic acids is 1. The molecule has 0 N–H and O–H groups in total. The Hall–Kier alpha value is -1.08. The van der Waals surface area contributed by atoms with Crippen molar-refractivity contribution in [2.45, 2.75) is 31.3 Å². The molecule has 3 rings (SSSR count). The molecule has 1 unspecified atom stereocenters. The van der Waals surface area contributed by atoms with Crippen molar-refractivity contribution in [3.05, 3.63) is 11.7 Å². The first kappa shape index (κ1) is 12.9. The highest BCUT2D eigenvalue weighted by Crippen LogP contribution is 2.48. The number of esters is 1. The van der Waals surface area contributed by atoms with Gasteiger partial charge in [-0.05, 0) is 19.8 Å². The van der Waals surface area contributed by atoms with Crippen LogP contribution in [0.3, 0.4) is 0 Å². The van der Waals surface area contributed by atoms with Gasteiger partial charge in [-0.3, -0.25) is 4.79 Å². The van der Waals surface area contributed by atoms with Crippen molar-refractivity contribution in [1.82, 2.24) is 10.1 Å². The van der Waals surface area contributed by atoms with Crippen LogP contribution in [0.5, 0.6) is 0 Å². The highest BCUT2D eigenvalue weighted by molar-refractivity contribution is 7.99. The van der Waals surface area contributed by atoms with Crippen molar-refractivity contribution in [1.29, 1.82) is 0 Å². The van der Waals surface area contributed by atoms with Gasteiger partial charge in [-0.1, -0.05) is 5.16 Å². The maximum atomic E-state index is 11.9. The minimum Gasteiger partial charge on any atom is -0.465 e. The second-order valence-corrected chi connectivity index (χ2v) is 5.84. The van der Waals surface area contributed by atoms with Crippen LogP contribution in [0.4, 0.5) is 0 Å². The minimum absolute atomic E-state index is 0.130. The van der Waals surface area contributed by atoms with Crippen molar-refractivity contribution in [3.8, 4) is 0 Å². The van der Waals surface area contributed by atoms with Gasteiger partial charge in [-0.2, -0.15) is 16.7 Å². The molecule has 104 valence electrons. The maximum Gasteiger partial charge on any atom is 0.321 e. The summed E-state index contributed by atoms with van der Waals surface area (Å²) in [5.41, 5.74) is -0.691. The molecule has 0 spiro atoms. The van der Waals surface area contributed by atoms with Crippen molar-refractivity contribution in [2.24, 2.45) is 0 Å². The average molecular weight is 284 g/mol. The number of rotatable bonds is 4. The molecule has 2 fully saturated rings. The lowest BCUT2D eigenvalue weighted by atomic mass is 10.1. The maximum absolute atomic E-state index is 11.9. The van der Waals surface area contributed by atoms with Gasteiger partial charge in [0.1, 0.15) is 11.5 Å². The molecule has 6 nitrogen and oxygen atoms in total. The smallest absolute Gasteiger partial charge is 0.321 e. The van der Waals surface area contributed by atoms with E-state index in [1.807, 2.05) is 0 Å². The van der Waals surface area contributed by atoms with Gasteiger partial charge in [0.25, 0.3) is 0 Å². The highest BCUT2D eigenvalue weighted by Gasteiger charge is 2.57. The van der Waals surface area contributed by atoms with Crippen LogP contribution in [0.1, 0.15) is 37.6 Å². The van der Waals surface area contributed by atoms with Crippen LogP contribution in [0.15, 0.2) is 4.52 Å². The topological polar surface area (TPSA) is 74.5 Å². The monoisotopic (exact) mass is 284 g/mol. The van der Waals surface area contributed by atoms with E-state index in [-0.39, 0.29) is 12.1 Å². The number of hydrogen-bond donors (Lipinski definition) is 0. The Kier molecular flexibility index (Phi) is 3.49. The van der Waals surface area contributed by atoms with Gasteiger partial charge in [0, 0.05) is 11.5 Å². The summed E-state index contributed by atoms with van der Waals surface area (Å²) < 4.78 is 15.9. The van der Waals surface area contributed by atoms with E-state index in [4.69, 9.17) is 14.0 Å². The van der Waals surface area contributed by atoms with Crippen molar-refractivity contribution in [3.63, 3.8) is 0 Å². The fourth-order valence-corrected chi connectivity index (χ4v) is 2.94. The average Bonchev–Trinajstić information content (AvgIpc) is 3.11. The van der Waals surface area contributed by atoms with Crippen LogP contribution in [0, 0.1) is 0 Å². The molecule has 2 aliphatic rings. The summed E-state index contributed by atoms with van der Waals surface area (Å²) in [7, 11) is 0. The number of carbonyl (C=O) groups is 1. The zero-order valence-electron chi connectivity index (χ0n) is 10.8. The summed E-state index contributed by atoms with van der Waals surface area (Å²) in [5.74, 6) is 2.47. The summed E-state index contributed by atoms with van der Waals surface area (Å²) in [4.78, 5) is 16.3. The van der Waals surface area contributed by atoms with E-state index in [1.54, 1.807) is 18.7 Å². The molecular weight excluding hydrogens is 268 g/mol. The lowest BCUT2D eigenvalue weighted by molar-refractivity contribution is -0.146. The van der Waals surface area contributed by atoms with Crippen LogP contribution in [0.25, 0.3) is 0 Å². The van der Waals surface area contributed by atoms with E-state index in [2.05, 4.69) is 10.1 Å². The van der Waals surface area contributed by atoms with E-state index < -0.39 is 5.41 Å². The standard InChI is InChI=1S/C12H16N2O4S/c1-2-16-11(15)12(3-4-12)10-13-9(14-18-10)8-7-19-6-5-17-8/h8H,2-7H2,1H3. The quantitative estimate of drug-likeness (QED) is 0.775. The Bertz CT molecular complexity index is 466. The molecule has 1 aromatic heterocycles. The van der Waals surface area contributed by atoms with Crippen molar-refractivity contribution in [2.75, 3.05) is 24.7 Å². The van der Waals surface area contributed by atoms with Gasteiger partial charge in [-0.25, -0.2) is 0 Å². The van der Waals surface area contributed by atoms with Gasteiger partial charge >= 0.3 is 5.97 Å². The molecule has 0 amide bonds. The van der Waals surface area contributed by atoms with Gasteiger partial charge < -0.3 is 14.0 Å². The Balaban J connectivity index is 1.75. The molecule has 1 aliphatic heterocycles. The van der Waals surface area contributed by atoms with E-state index in [0.29, 0.717) is 37.8 Å². The van der Waals surface area contributed by atoms with Gasteiger partial charge in [-0.15, -0.1) is 0 Å². The first-order valence-corrected chi connectivity index (χ1v) is 7.62. The van der Waals surface area contributed by atoms with Crippen molar-refractivity contribution < 1.29 is 18.8 Å². The molecule has 2 heterocycles. The molecule has 19 heavy (non-hydrogen) atoms. The second-order valence-electron chi connectivity index (χ2n) is 4.69. The SMILES string of the molecule is CCOC(=O)C1(c2nc(C3CSCCO3)no2)CC1. The molecule has 1 atom stereocenters. The summed E-state index contributed by atoms with van der Waals surface area (Å²) in [6.07, 6.45) is 1.30. The van der Waals surface area contributed by atoms with Crippen LogP contribution >= 0.6 is 11.8 Å². The Morgan fingerprint density at radius 1 is 1.58 bits per heavy atom. The Morgan fingerprint density at radius 3 is 3.05 bits per heavy atom. The van der Waals surface area contributed by atoms with E-state index in [1.165, 1.54) is 0 Å². The van der Waals surface area contributed by atoms with E-state index in [0.717, 1.165) is 11.5 Å². The number of aromatic nitrogens is 2. The van der Waals surface area contributed by atoms with Crippen LogP contribution in [-0.2, 0) is 19.7 Å².